The second-order valence-electron chi connectivity index (χ2n) is 5.91. The van der Waals surface area contributed by atoms with Crippen LogP contribution in [0.15, 0.2) is 24.3 Å². The zero-order valence-corrected chi connectivity index (χ0v) is 15.5. The van der Waals surface area contributed by atoms with Crippen molar-refractivity contribution in [2.45, 2.75) is 38.6 Å². The molecule has 1 aromatic carbocycles. The zero-order chi connectivity index (χ0) is 17.4. The van der Waals surface area contributed by atoms with Crippen molar-refractivity contribution < 1.29 is 14.3 Å². The van der Waals surface area contributed by atoms with Gasteiger partial charge in [0.05, 0.1) is 12.2 Å². The molecule has 1 aliphatic heterocycles. The Kier molecular flexibility index (Phi) is 9.31. The van der Waals surface area contributed by atoms with E-state index >= 15 is 0 Å². The van der Waals surface area contributed by atoms with Crippen molar-refractivity contribution >= 4 is 24.2 Å². The predicted octanol–water partition coefficient (Wildman–Crippen LogP) is 1.97. The number of benzene rings is 1. The van der Waals surface area contributed by atoms with Crippen molar-refractivity contribution in [3.63, 3.8) is 0 Å². The lowest BCUT2D eigenvalue weighted by Gasteiger charge is -2.23. The van der Waals surface area contributed by atoms with Gasteiger partial charge in [0.1, 0.15) is 5.75 Å². The summed E-state index contributed by atoms with van der Waals surface area (Å²) in [5, 5.41) is 2.85. The molecule has 1 fully saturated rings. The summed E-state index contributed by atoms with van der Waals surface area (Å²) in [5.41, 5.74) is 6.22. The molecule has 2 rings (SSSR count). The first-order valence-electron chi connectivity index (χ1n) is 8.67. The van der Waals surface area contributed by atoms with Crippen LogP contribution in [0.2, 0.25) is 0 Å². The number of carbonyl (C=O) groups excluding carboxylic acids is 2. The second kappa shape index (κ2) is 10.9. The molecule has 1 atom stereocenters. The molecule has 1 aromatic rings. The Morgan fingerprint density at radius 1 is 1.36 bits per heavy atom. The molecule has 0 spiro atoms. The van der Waals surface area contributed by atoms with Gasteiger partial charge in [-0.15, -0.1) is 12.4 Å². The van der Waals surface area contributed by atoms with Crippen molar-refractivity contribution in [1.29, 1.82) is 0 Å². The first kappa shape index (κ1) is 21.3. The summed E-state index contributed by atoms with van der Waals surface area (Å²) in [6, 6.07) is 7.35. The van der Waals surface area contributed by atoms with Gasteiger partial charge in [-0.25, -0.2) is 0 Å². The molecular weight excluding hydrogens is 342 g/mol. The van der Waals surface area contributed by atoms with E-state index in [-0.39, 0.29) is 30.3 Å². The van der Waals surface area contributed by atoms with E-state index in [2.05, 4.69) is 5.32 Å². The molecule has 1 saturated heterocycles. The predicted molar refractivity (Wildman–Crippen MR) is 100 cm³/mol. The molecule has 0 bridgehead atoms. The Hall–Kier alpha value is -1.79. The highest BCUT2D eigenvalue weighted by Crippen LogP contribution is 2.18. The molecular formula is C18H28ClN3O3. The number of ether oxygens (including phenoxy) is 1. The molecule has 1 heterocycles. The van der Waals surface area contributed by atoms with E-state index in [1.54, 1.807) is 18.2 Å². The summed E-state index contributed by atoms with van der Waals surface area (Å²) in [6.07, 6.45) is 3.07. The van der Waals surface area contributed by atoms with E-state index in [9.17, 15) is 9.59 Å². The molecule has 3 N–H and O–H groups in total. The van der Waals surface area contributed by atoms with E-state index in [1.807, 2.05) is 17.9 Å². The minimum Gasteiger partial charge on any atom is -0.493 e. The smallest absolute Gasteiger partial charge is 0.255 e. The SMILES string of the molecule is CCOc1ccccc1C(=O)NCCCC(=O)N1CCCC1CN.Cl. The van der Waals surface area contributed by atoms with E-state index in [1.165, 1.54) is 0 Å². The van der Waals surface area contributed by atoms with Crippen LogP contribution >= 0.6 is 12.4 Å². The van der Waals surface area contributed by atoms with Crippen LogP contribution in [-0.2, 0) is 4.79 Å². The van der Waals surface area contributed by atoms with Crippen LogP contribution in [0.1, 0.15) is 43.0 Å². The molecule has 1 aliphatic rings. The maximum Gasteiger partial charge on any atom is 0.255 e. The maximum atomic E-state index is 12.2. The lowest BCUT2D eigenvalue weighted by Crippen LogP contribution is -2.40. The molecule has 2 amide bonds. The fourth-order valence-electron chi connectivity index (χ4n) is 3.03. The molecule has 25 heavy (non-hydrogen) atoms. The van der Waals surface area contributed by atoms with Crippen LogP contribution in [0.3, 0.4) is 0 Å². The monoisotopic (exact) mass is 369 g/mol. The van der Waals surface area contributed by atoms with Gasteiger partial charge in [-0.1, -0.05) is 12.1 Å². The minimum atomic E-state index is -0.174. The highest BCUT2D eigenvalue weighted by molar-refractivity contribution is 5.96. The number of amides is 2. The van der Waals surface area contributed by atoms with Crippen LogP contribution in [-0.4, -0.2) is 49.0 Å². The van der Waals surface area contributed by atoms with Gasteiger partial charge in [0, 0.05) is 32.1 Å². The van der Waals surface area contributed by atoms with Crippen molar-refractivity contribution in [3.05, 3.63) is 29.8 Å². The Morgan fingerprint density at radius 3 is 2.84 bits per heavy atom. The van der Waals surface area contributed by atoms with E-state index in [4.69, 9.17) is 10.5 Å². The Labute approximate surface area is 155 Å². The molecule has 7 heteroatoms. The molecule has 140 valence electrons. The molecule has 6 nitrogen and oxygen atoms in total. The third-order valence-corrected chi connectivity index (χ3v) is 4.25. The van der Waals surface area contributed by atoms with Gasteiger partial charge in [-0.05, 0) is 38.3 Å². The van der Waals surface area contributed by atoms with Crippen LogP contribution in [0.25, 0.3) is 0 Å². The van der Waals surface area contributed by atoms with E-state index in [0.717, 1.165) is 19.4 Å². The Morgan fingerprint density at radius 2 is 2.12 bits per heavy atom. The highest BCUT2D eigenvalue weighted by Gasteiger charge is 2.26. The summed E-state index contributed by atoms with van der Waals surface area (Å²) in [7, 11) is 0. The number of likely N-dealkylation sites (tertiary alicyclic amines) is 1. The summed E-state index contributed by atoms with van der Waals surface area (Å²) < 4.78 is 5.46. The highest BCUT2D eigenvalue weighted by atomic mass is 35.5. The normalized spacial score (nSPS) is 16.2. The number of hydrogen-bond acceptors (Lipinski definition) is 4. The van der Waals surface area contributed by atoms with Gasteiger partial charge < -0.3 is 20.7 Å². The molecule has 0 aromatic heterocycles. The van der Waals surface area contributed by atoms with Gasteiger partial charge in [0.15, 0.2) is 0 Å². The number of nitrogens with one attached hydrogen (secondary N) is 1. The van der Waals surface area contributed by atoms with Crippen molar-refractivity contribution in [2.75, 3.05) is 26.2 Å². The average molecular weight is 370 g/mol. The second-order valence-corrected chi connectivity index (χ2v) is 5.91. The van der Waals surface area contributed by atoms with Crippen LogP contribution in [0, 0.1) is 0 Å². The van der Waals surface area contributed by atoms with Gasteiger partial charge >= 0.3 is 0 Å². The fraction of sp³-hybridized carbons (Fsp3) is 0.556. The van der Waals surface area contributed by atoms with Gasteiger partial charge in [0.25, 0.3) is 5.91 Å². The largest absolute Gasteiger partial charge is 0.493 e. The summed E-state index contributed by atoms with van der Waals surface area (Å²) in [5.74, 6) is 0.538. The number of hydrogen-bond donors (Lipinski definition) is 2. The quantitative estimate of drug-likeness (QED) is 0.686. The van der Waals surface area contributed by atoms with E-state index < -0.39 is 0 Å². The summed E-state index contributed by atoms with van der Waals surface area (Å²) in [6.45, 7) is 4.18. The summed E-state index contributed by atoms with van der Waals surface area (Å²) in [4.78, 5) is 26.3. The van der Waals surface area contributed by atoms with Gasteiger partial charge in [-0.3, -0.25) is 9.59 Å². The third-order valence-electron chi connectivity index (χ3n) is 4.25. The van der Waals surface area contributed by atoms with Gasteiger partial charge in [0.2, 0.25) is 5.91 Å². The van der Waals surface area contributed by atoms with Crippen LogP contribution in [0.5, 0.6) is 5.75 Å². The van der Waals surface area contributed by atoms with Crippen LogP contribution in [0.4, 0.5) is 0 Å². The topological polar surface area (TPSA) is 84.7 Å². The van der Waals surface area contributed by atoms with Crippen LogP contribution < -0.4 is 15.8 Å². The number of carbonyl (C=O) groups is 2. The fourth-order valence-corrected chi connectivity index (χ4v) is 3.03. The number of halogens is 1. The van der Waals surface area contributed by atoms with E-state index in [0.29, 0.717) is 43.9 Å². The van der Waals surface area contributed by atoms with Crippen molar-refractivity contribution in [1.82, 2.24) is 10.2 Å². The number of rotatable bonds is 8. The first-order valence-corrected chi connectivity index (χ1v) is 8.67. The standard InChI is InChI=1S/C18H27N3O3.ClH/c1-2-24-16-9-4-3-8-15(16)18(23)20-11-5-10-17(22)21-12-6-7-14(21)13-19;/h3-4,8-9,14H,2,5-7,10-13,19H2,1H3,(H,20,23);1H. The molecule has 0 saturated carbocycles. The minimum absolute atomic E-state index is 0. The first-order chi connectivity index (χ1) is 11.7. The zero-order valence-electron chi connectivity index (χ0n) is 14.7. The Balaban J connectivity index is 0.00000312. The third kappa shape index (κ3) is 5.90. The lowest BCUT2D eigenvalue weighted by molar-refractivity contribution is -0.131. The van der Waals surface area contributed by atoms with Crippen molar-refractivity contribution in [2.24, 2.45) is 5.73 Å². The number of nitrogens with two attached hydrogens (primary N) is 1. The number of nitrogens with zero attached hydrogens (tertiary/aromatic N) is 1. The lowest BCUT2D eigenvalue weighted by atomic mass is 10.2. The average Bonchev–Trinajstić information content (AvgIpc) is 3.08. The maximum absolute atomic E-state index is 12.2. The molecule has 0 radical (unpaired) electrons. The molecule has 0 aliphatic carbocycles. The van der Waals surface area contributed by atoms with Gasteiger partial charge in [-0.2, -0.15) is 0 Å². The van der Waals surface area contributed by atoms with Crippen molar-refractivity contribution in [3.8, 4) is 5.75 Å². The number of para-hydroxylation sites is 1. The molecule has 1 unspecified atom stereocenters. The summed E-state index contributed by atoms with van der Waals surface area (Å²) >= 11 is 0. The Bertz CT molecular complexity index is 568.